The number of rotatable bonds is 4. The maximum Gasteiger partial charge on any atom is 0.183 e. The van der Waals surface area contributed by atoms with E-state index in [0.717, 1.165) is 19.6 Å². The van der Waals surface area contributed by atoms with Gasteiger partial charge >= 0.3 is 0 Å². The Hall–Kier alpha value is -1.67. The molecule has 0 saturated carbocycles. The molecule has 0 radical (unpaired) electrons. The lowest BCUT2D eigenvalue weighted by Gasteiger charge is -2.22. The summed E-state index contributed by atoms with van der Waals surface area (Å²) in [6, 6.07) is 4.36. The molecule has 1 unspecified atom stereocenters. The molecule has 1 saturated heterocycles. The van der Waals surface area contributed by atoms with Gasteiger partial charge < -0.3 is 10.2 Å². The summed E-state index contributed by atoms with van der Waals surface area (Å²) in [6.45, 7) is 4.88. The van der Waals surface area contributed by atoms with Gasteiger partial charge in [-0.3, -0.25) is 0 Å². The number of anilines is 1. The fourth-order valence-corrected chi connectivity index (χ4v) is 2.41. The smallest absolute Gasteiger partial charge is 0.183 e. The largest absolute Gasteiger partial charge is 0.379 e. The number of hydrogen-bond donors (Lipinski definition) is 1. The van der Waals surface area contributed by atoms with Crippen molar-refractivity contribution in [2.24, 2.45) is 0 Å². The predicted octanol–water partition coefficient (Wildman–Crippen LogP) is 2.73. The second-order valence-corrected chi connectivity index (χ2v) is 4.95. The zero-order valence-corrected chi connectivity index (χ0v) is 10.9. The molecule has 1 aromatic rings. The maximum absolute atomic E-state index is 13.7. The van der Waals surface area contributed by atoms with Crippen LogP contribution in [0.15, 0.2) is 12.1 Å². The van der Waals surface area contributed by atoms with Gasteiger partial charge in [-0.15, -0.1) is 0 Å². The van der Waals surface area contributed by atoms with E-state index in [1.165, 1.54) is 25.0 Å². The van der Waals surface area contributed by atoms with Crippen LogP contribution in [0.3, 0.4) is 0 Å². The van der Waals surface area contributed by atoms with Crippen molar-refractivity contribution in [3.8, 4) is 6.07 Å². The lowest BCUT2D eigenvalue weighted by molar-refractivity contribution is 0.327. The third-order valence-corrected chi connectivity index (χ3v) is 3.34. The van der Waals surface area contributed by atoms with Crippen LogP contribution in [0.4, 0.5) is 14.5 Å². The van der Waals surface area contributed by atoms with E-state index in [2.05, 4.69) is 10.2 Å². The minimum Gasteiger partial charge on any atom is -0.379 e. The van der Waals surface area contributed by atoms with E-state index in [0.29, 0.717) is 0 Å². The van der Waals surface area contributed by atoms with Gasteiger partial charge in [0.15, 0.2) is 11.6 Å². The highest BCUT2D eigenvalue weighted by molar-refractivity contribution is 5.50. The number of hydrogen-bond acceptors (Lipinski definition) is 3. The first-order valence-electron chi connectivity index (χ1n) is 6.49. The first-order chi connectivity index (χ1) is 9.11. The average Bonchev–Trinajstić information content (AvgIpc) is 2.88. The van der Waals surface area contributed by atoms with Crippen LogP contribution in [-0.2, 0) is 0 Å². The SMILES string of the molecule is CC(CN1CCCC1)Nc1ccc(C#N)c(F)c1F. The normalized spacial score (nSPS) is 17.2. The quantitative estimate of drug-likeness (QED) is 0.909. The molecule has 0 bridgehead atoms. The van der Waals surface area contributed by atoms with Crippen molar-refractivity contribution < 1.29 is 8.78 Å². The molecule has 2 rings (SSSR count). The van der Waals surface area contributed by atoms with E-state index >= 15 is 0 Å². The van der Waals surface area contributed by atoms with Crippen LogP contribution in [-0.4, -0.2) is 30.6 Å². The summed E-state index contributed by atoms with van der Waals surface area (Å²) in [5.74, 6) is -2.06. The molecule has 1 aliphatic heterocycles. The Morgan fingerprint density at radius 3 is 2.63 bits per heavy atom. The van der Waals surface area contributed by atoms with E-state index in [-0.39, 0.29) is 17.3 Å². The van der Waals surface area contributed by atoms with Gasteiger partial charge in [0.1, 0.15) is 6.07 Å². The topological polar surface area (TPSA) is 39.1 Å². The molecule has 5 heteroatoms. The molecule has 19 heavy (non-hydrogen) atoms. The van der Waals surface area contributed by atoms with Crippen LogP contribution >= 0.6 is 0 Å². The molecule has 0 aliphatic carbocycles. The minimum atomic E-state index is -1.08. The monoisotopic (exact) mass is 265 g/mol. The number of nitrogens with zero attached hydrogens (tertiary/aromatic N) is 2. The molecule has 0 spiro atoms. The highest BCUT2D eigenvalue weighted by atomic mass is 19.2. The Morgan fingerprint density at radius 2 is 2.00 bits per heavy atom. The fraction of sp³-hybridized carbons (Fsp3) is 0.500. The lowest BCUT2D eigenvalue weighted by Crippen LogP contribution is -2.33. The van der Waals surface area contributed by atoms with Crippen molar-refractivity contribution in [3.05, 3.63) is 29.3 Å². The Kier molecular flexibility index (Phi) is 4.33. The molecule has 102 valence electrons. The van der Waals surface area contributed by atoms with Crippen LogP contribution in [0, 0.1) is 23.0 Å². The standard InChI is InChI=1S/C14H17F2N3/c1-10(9-19-6-2-3-7-19)18-12-5-4-11(8-17)13(15)14(12)16/h4-5,10,18H,2-3,6-7,9H2,1H3. The fourth-order valence-electron chi connectivity index (χ4n) is 2.41. The van der Waals surface area contributed by atoms with Crippen molar-refractivity contribution in [1.29, 1.82) is 5.26 Å². The van der Waals surface area contributed by atoms with E-state index in [1.807, 2.05) is 6.92 Å². The molecule has 1 N–H and O–H groups in total. The summed E-state index contributed by atoms with van der Waals surface area (Å²) in [6.07, 6.45) is 2.40. The molecule has 1 aromatic carbocycles. The van der Waals surface area contributed by atoms with E-state index in [9.17, 15) is 8.78 Å². The molecule has 1 atom stereocenters. The molecule has 1 aliphatic rings. The molecule has 0 aromatic heterocycles. The van der Waals surface area contributed by atoms with Crippen molar-refractivity contribution in [3.63, 3.8) is 0 Å². The Morgan fingerprint density at radius 1 is 1.32 bits per heavy atom. The van der Waals surface area contributed by atoms with Crippen LogP contribution in [0.2, 0.25) is 0 Å². The predicted molar refractivity (Wildman–Crippen MR) is 69.8 cm³/mol. The molecule has 0 amide bonds. The van der Waals surface area contributed by atoms with Crippen molar-refractivity contribution in [2.45, 2.75) is 25.8 Å². The van der Waals surface area contributed by atoms with Crippen LogP contribution in [0.5, 0.6) is 0 Å². The van der Waals surface area contributed by atoms with Gasteiger partial charge in [-0.05, 0) is 45.0 Å². The van der Waals surface area contributed by atoms with E-state index in [4.69, 9.17) is 5.26 Å². The second kappa shape index (κ2) is 5.98. The summed E-state index contributed by atoms with van der Waals surface area (Å²) in [5, 5.41) is 11.6. The lowest BCUT2D eigenvalue weighted by atomic mass is 10.2. The zero-order chi connectivity index (χ0) is 13.8. The summed E-state index contributed by atoms with van der Waals surface area (Å²) in [7, 11) is 0. The van der Waals surface area contributed by atoms with Gasteiger partial charge in [0.05, 0.1) is 11.3 Å². The number of halogens is 2. The van der Waals surface area contributed by atoms with E-state index in [1.54, 1.807) is 6.07 Å². The summed E-state index contributed by atoms with van der Waals surface area (Å²) >= 11 is 0. The minimum absolute atomic E-state index is 0.0277. The Labute approximate surface area is 111 Å². The molecule has 3 nitrogen and oxygen atoms in total. The van der Waals surface area contributed by atoms with Crippen LogP contribution < -0.4 is 5.32 Å². The molecule has 1 heterocycles. The number of nitrogens with one attached hydrogen (secondary N) is 1. The highest BCUT2D eigenvalue weighted by Gasteiger charge is 2.17. The Balaban J connectivity index is 2.02. The number of benzene rings is 1. The van der Waals surface area contributed by atoms with Gasteiger partial charge in [0.2, 0.25) is 0 Å². The highest BCUT2D eigenvalue weighted by Crippen LogP contribution is 2.21. The summed E-state index contributed by atoms with van der Waals surface area (Å²) in [5.41, 5.74) is -0.154. The Bertz CT molecular complexity index is 490. The van der Waals surface area contributed by atoms with Gasteiger partial charge in [0.25, 0.3) is 0 Å². The summed E-state index contributed by atoms with van der Waals surface area (Å²) < 4.78 is 27.2. The summed E-state index contributed by atoms with van der Waals surface area (Å²) in [4.78, 5) is 2.30. The van der Waals surface area contributed by atoms with Crippen molar-refractivity contribution in [2.75, 3.05) is 25.0 Å². The number of likely N-dealkylation sites (tertiary alicyclic amines) is 1. The first-order valence-corrected chi connectivity index (χ1v) is 6.49. The van der Waals surface area contributed by atoms with Gasteiger partial charge in [-0.2, -0.15) is 5.26 Å². The maximum atomic E-state index is 13.7. The van der Waals surface area contributed by atoms with Crippen LogP contribution in [0.25, 0.3) is 0 Å². The van der Waals surface area contributed by atoms with Crippen molar-refractivity contribution >= 4 is 5.69 Å². The van der Waals surface area contributed by atoms with Gasteiger partial charge in [0, 0.05) is 12.6 Å². The van der Waals surface area contributed by atoms with Crippen molar-refractivity contribution in [1.82, 2.24) is 4.90 Å². The third kappa shape index (κ3) is 3.21. The number of nitriles is 1. The second-order valence-electron chi connectivity index (χ2n) is 4.95. The third-order valence-electron chi connectivity index (χ3n) is 3.34. The first kappa shape index (κ1) is 13.8. The van der Waals surface area contributed by atoms with Gasteiger partial charge in [-0.25, -0.2) is 8.78 Å². The molecule has 1 fully saturated rings. The average molecular weight is 265 g/mol. The molecular weight excluding hydrogens is 248 g/mol. The van der Waals surface area contributed by atoms with Crippen LogP contribution in [0.1, 0.15) is 25.3 Å². The van der Waals surface area contributed by atoms with Gasteiger partial charge in [-0.1, -0.05) is 0 Å². The van der Waals surface area contributed by atoms with E-state index < -0.39 is 11.6 Å². The molecular formula is C14H17F2N3. The zero-order valence-electron chi connectivity index (χ0n) is 10.9.